The first-order chi connectivity index (χ1) is 7.79. The minimum Gasteiger partial charge on any atom is -0.337 e. The topological polar surface area (TPSA) is 29.5 Å². The van der Waals surface area contributed by atoms with Crippen LogP contribution in [-0.2, 0) is 16.3 Å². The van der Waals surface area contributed by atoms with Gasteiger partial charge in [-0.25, -0.2) is 0 Å². The first-order valence-electron chi connectivity index (χ1n) is 6.25. The molecule has 0 spiro atoms. The Morgan fingerprint density at radius 3 is 2.41 bits per heavy atom. The second kappa shape index (κ2) is 6.88. The van der Waals surface area contributed by atoms with Gasteiger partial charge in [-0.15, -0.1) is 0 Å². The number of quaternary nitrogens is 1. The summed E-state index contributed by atoms with van der Waals surface area (Å²) in [6.07, 6.45) is 6.23. The second-order valence-electron chi connectivity index (χ2n) is 5.68. The Hall–Kier alpha value is 0.880. The van der Waals surface area contributed by atoms with Crippen molar-refractivity contribution in [2.75, 3.05) is 34.3 Å². The summed E-state index contributed by atoms with van der Waals surface area (Å²) in [7, 11) is 6.33. The van der Waals surface area contributed by atoms with Gasteiger partial charge >= 0.3 is 0 Å². The van der Waals surface area contributed by atoms with Crippen LogP contribution < -0.4 is 0 Å². The van der Waals surface area contributed by atoms with Crippen molar-refractivity contribution in [2.24, 2.45) is 0 Å². The molecule has 1 saturated carbocycles. The van der Waals surface area contributed by atoms with Crippen molar-refractivity contribution in [3.8, 4) is 0 Å². The van der Waals surface area contributed by atoms with E-state index in [2.05, 4.69) is 21.1 Å². The molecule has 0 saturated heterocycles. The Labute approximate surface area is 114 Å². The zero-order chi connectivity index (χ0) is 12.9. The highest BCUT2D eigenvalue weighted by Gasteiger charge is 2.24. The maximum atomic E-state index is 10.1. The molecule has 0 aromatic rings. The van der Waals surface area contributed by atoms with E-state index < -0.39 is 5.69 Å². The van der Waals surface area contributed by atoms with Crippen LogP contribution in [0.25, 0.3) is 0 Å². The summed E-state index contributed by atoms with van der Waals surface area (Å²) in [4.78, 5) is 10.1. The van der Waals surface area contributed by atoms with Crippen molar-refractivity contribution in [2.45, 2.75) is 37.4 Å². The fourth-order valence-electron chi connectivity index (χ4n) is 1.82. The summed E-state index contributed by atoms with van der Waals surface area (Å²) in [5, 5.41) is 0.517. The van der Waals surface area contributed by atoms with Crippen LogP contribution in [0.4, 0.5) is 0 Å². The van der Waals surface area contributed by atoms with Crippen LogP contribution >= 0.6 is 17.1 Å². The fraction of sp³-hybridized carbons (Fsp3) is 1.00. The second-order valence-corrected chi connectivity index (χ2v) is 12.0. The molecule has 3 nitrogen and oxygen atoms in total. The fourth-order valence-corrected chi connectivity index (χ4v) is 6.60. The van der Waals surface area contributed by atoms with Gasteiger partial charge in [-0.05, 0) is 24.6 Å². The van der Waals surface area contributed by atoms with Gasteiger partial charge in [0.1, 0.15) is 13.2 Å². The molecule has 17 heavy (non-hydrogen) atoms. The maximum absolute atomic E-state index is 10.1. The van der Waals surface area contributed by atoms with Crippen LogP contribution in [-0.4, -0.2) is 48.9 Å². The van der Waals surface area contributed by atoms with Crippen molar-refractivity contribution in [3.63, 3.8) is 0 Å². The lowest BCUT2D eigenvalue weighted by atomic mass is 10.0. The molecule has 102 valence electrons. The highest BCUT2D eigenvalue weighted by Crippen LogP contribution is 2.59. The van der Waals surface area contributed by atoms with E-state index in [0.717, 1.165) is 11.0 Å². The molecular weight excluding hydrogens is 273 g/mol. The number of rotatable bonds is 6. The van der Waals surface area contributed by atoms with E-state index in [0.29, 0.717) is 11.9 Å². The van der Waals surface area contributed by atoms with Crippen molar-refractivity contribution in [3.05, 3.63) is 0 Å². The first-order valence-corrected chi connectivity index (χ1v) is 10.4. The summed E-state index contributed by atoms with van der Waals surface area (Å²) >= 11 is 6.74. The molecule has 0 aromatic carbocycles. The van der Waals surface area contributed by atoms with E-state index in [1.165, 1.54) is 43.5 Å². The Balaban J connectivity index is 2.27. The van der Waals surface area contributed by atoms with Crippen molar-refractivity contribution >= 4 is 28.9 Å². The minimum absolute atomic E-state index is 0.517. The van der Waals surface area contributed by atoms with Gasteiger partial charge in [-0.2, -0.15) is 0 Å². The van der Waals surface area contributed by atoms with Crippen LogP contribution in [0.15, 0.2) is 0 Å². The summed E-state index contributed by atoms with van der Waals surface area (Å²) in [5.41, 5.74) is -2.61. The van der Waals surface area contributed by atoms with E-state index in [4.69, 9.17) is 16.3 Å². The molecular formula is C11H25NO2PS2+. The molecule has 1 fully saturated rings. The molecule has 0 heterocycles. The highest BCUT2D eigenvalue weighted by atomic mass is 32.9. The SMILES string of the molecule is C[N+](C)(C)CCOP(O)(=S)SC1CCCCC1. The van der Waals surface area contributed by atoms with Crippen LogP contribution in [0.5, 0.6) is 0 Å². The third-order valence-corrected chi connectivity index (χ3v) is 7.50. The molecule has 0 amide bonds. The Morgan fingerprint density at radius 2 is 1.88 bits per heavy atom. The zero-order valence-corrected chi connectivity index (χ0v) is 13.6. The molecule has 1 N–H and O–H groups in total. The molecule has 6 heteroatoms. The van der Waals surface area contributed by atoms with E-state index in [1.807, 2.05) is 0 Å². The quantitative estimate of drug-likeness (QED) is 0.603. The minimum atomic E-state index is -2.61. The molecule has 1 unspecified atom stereocenters. The lowest BCUT2D eigenvalue weighted by molar-refractivity contribution is -0.870. The smallest absolute Gasteiger partial charge is 0.245 e. The standard InChI is InChI=1S/C11H24NO2PS2/c1-12(2,3)9-10-14-15(13,16)17-11-7-5-4-6-8-11/h11H,4-10H2,1-3H3/p+1. The van der Waals surface area contributed by atoms with Gasteiger partial charge in [0.2, 0.25) is 5.69 Å². The largest absolute Gasteiger partial charge is 0.337 e. The molecule has 0 aromatic heterocycles. The third kappa shape index (κ3) is 7.81. The molecule has 0 radical (unpaired) electrons. The lowest BCUT2D eigenvalue weighted by Gasteiger charge is -2.27. The molecule has 0 bridgehead atoms. The van der Waals surface area contributed by atoms with Crippen LogP contribution in [0, 0.1) is 0 Å². The predicted octanol–water partition coefficient (Wildman–Crippen LogP) is 2.99. The summed E-state index contributed by atoms with van der Waals surface area (Å²) in [5.74, 6) is 0. The summed E-state index contributed by atoms with van der Waals surface area (Å²) in [6, 6.07) is 0. The van der Waals surface area contributed by atoms with E-state index in [-0.39, 0.29) is 0 Å². The molecule has 1 aliphatic rings. The Kier molecular flexibility index (Phi) is 6.45. The van der Waals surface area contributed by atoms with Crippen molar-refractivity contribution in [1.82, 2.24) is 0 Å². The van der Waals surface area contributed by atoms with Gasteiger partial charge < -0.3 is 13.9 Å². The van der Waals surface area contributed by atoms with Crippen molar-refractivity contribution < 1.29 is 13.9 Å². The third-order valence-electron chi connectivity index (χ3n) is 2.85. The number of likely N-dealkylation sites (N-methyl/N-ethyl adjacent to an activating group) is 1. The molecule has 1 atom stereocenters. The van der Waals surface area contributed by atoms with Crippen LogP contribution in [0.2, 0.25) is 0 Å². The normalized spacial score (nSPS) is 22.4. The first kappa shape index (κ1) is 15.9. The number of hydrogen-bond donors (Lipinski definition) is 1. The van der Waals surface area contributed by atoms with Crippen LogP contribution in [0.3, 0.4) is 0 Å². The zero-order valence-electron chi connectivity index (χ0n) is 11.1. The van der Waals surface area contributed by atoms with E-state index in [9.17, 15) is 4.89 Å². The summed E-state index contributed by atoms with van der Waals surface area (Å²) < 4.78 is 6.37. The Bertz CT molecular complexity index is 275. The van der Waals surface area contributed by atoms with Gasteiger partial charge in [-0.3, -0.25) is 0 Å². The van der Waals surface area contributed by atoms with Gasteiger partial charge in [0.25, 0.3) is 0 Å². The van der Waals surface area contributed by atoms with Gasteiger partial charge in [0.15, 0.2) is 0 Å². The van der Waals surface area contributed by atoms with Gasteiger partial charge in [-0.1, -0.05) is 30.6 Å². The van der Waals surface area contributed by atoms with Gasteiger partial charge in [0, 0.05) is 5.25 Å². The van der Waals surface area contributed by atoms with E-state index >= 15 is 0 Å². The van der Waals surface area contributed by atoms with Crippen molar-refractivity contribution in [1.29, 1.82) is 0 Å². The maximum Gasteiger partial charge on any atom is 0.245 e. The molecule has 1 aliphatic carbocycles. The number of hydrogen-bond acceptors (Lipinski definition) is 3. The average Bonchev–Trinajstić information content (AvgIpc) is 2.15. The van der Waals surface area contributed by atoms with Crippen LogP contribution in [0.1, 0.15) is 32.1 Å². The van der Waals surface area contributed by atoms with Gasteiger partial charge in [0.05, 0.1) is 21.1 Å². The monoisotopic (exact) mass is 298 g/mol. The lowest BCUT2D eigenvalue weighted by Crippen LogP contribution is -2.37. The predicted molar refractivity (Wildman–Crippen MR) is 79.8 cm³/mol. The van der Waals surface area contributed by atoms with E-state index in [1.54, 1.807) is 0 Å². The molecule has 0 aliphatic heterocycles. The summed E-state index contributed by atoms with van der Waals surface area (Å²) in [6.45, 7) is 1.43. The average molecular weight is 298 g/mol. The molecule has 1 rings (SSSR count). The number of nitrogens with zero attached hydrogens (tertiary/aromatic N) is 1. The highest BCUT2D eigenvalue weighted by molar-refractivity contribution is 8.67. The Morgan fingerprint density at radius 1 is 1.29 bits per heavy atom.